The fraction of sp³-hybridized carbons (Fsp3) is 0. The van der Waals surface area contributed by atoms with Gasteiger partial charge in [-0.05, 0) is 34.1 Å². The van der Waals surface area contributed by atoms with E-state index >= 15 is 0 Å². The number of hydrazone groups is 1. The van der Waals surface area contributed by atoms with Crippen LogP contribution >= 0.6 is 15.9 Å². The molecule has 0 aliphatic carbocycles. The first-order valence-electron chi connectivity index (χ1n) is 5.05. The molecule has 0 bridgehead atoms. The normalized spacial score (nSPS) is 11.1. The summed E-state index contributed by atoms with van der Waals surface area (Å²) in [5.74, 6) is -0.528. The fourth-order valence-corrected chi connectivity index (χ4v) is 1.30. The van der Waals surface area contributed by atoms with E-state index in [0.717, 1.165) is 5.69 Å². The Morgan fingerprint density at radius 2 is 2.00 bits per heavy atom. The number of para-hydroxylation sites is 1. The third-order valence-electron chi connectivity index (χ3n) is 1.91. The van der Waals surface area contributed by atoms with Crippen LogP contribution in [-0.4, -0.2) is 10.6 Å². The second-order valence-corrected chi connectivity index (χ2v) is 3.95. The monoisotopic (exact) mass is 308 g/mol. The smallest absolute Gasteiger partial charge is 0.373 e. The maximum atomic E-state index is 11.5. The van der Waals surface area contributed by atoms with E-state index in [-0.39, 0.29) is 10.6 Å². The number of carbonyl (C=O) groups excluding carboxylic acids is 1. The predicted molar refractivity (Wildman–Crippen MR) is 70.8 cm³/mol. The molecule has 18 heavy (non-hydrogen) atoms. The Labute approximate surface area is 112 Å². The van der Waals surface area contributed by atoms with Gasteiger partial charge in [-0.25, -0.2) is 4.79 Å². The van der Waals surface area contributed by atoms with Crippen molar-refractivity contribution in [1.29, 1.82) is 0 Å². The molecule has 0 amide bonds. The van der Waals surface area contributed by atoms with Gasteiger partial charge >= 0.3 is 5.97 Å². The molecular formula is C12H9BrN2O3. The van der Waals surface area contributed by atoms with Crippen LogP contribution in [0.2, 0.25) is 0 Å². The second kappa shape index (κ2) is 6.02. The highest BCUT2D eigenvalue weighted by Crippen LogP contribution is 2.11. The molecular weight excluding hydrogens is 300 g/mol. The lowest BCUT2D eigenvalue weighted by Crippen LogP contribution is -2.16. The maximum Gasteiger partial charge on any atom is 0.373 e. The zero-order valence-corrected chi connectivity index (χ0v) is 10.8. The molecule has 0 aliphatic heterocycles. The minimum Gasteiger partial charge on any atom is -0.434 e. The van der Waals surface area contributed by atoms with Gasteiger partial charge in [-0.2, -0.15) is 5.10 Å². The first-order valence-corrected chi connectivity index (χ1v) is 5.85. The number of nitrogens with one attached hydrogen (secondary N) is 1. The van der Waals surface area contributed by atoms with Crippen molar-refractivity contribution in [2.24, 2.45) is 5.10 Å². The molecule has 0 radical (unpaired) electrons. The minimum atomic E-state index is -0.645. The van der Waals surface area contributed by atoms with Gasteiger partial charge in [0.05, 0.1) is 12.0 Å². The van der Waals surface area contributed by atoms with Crippen molar-refractivity contribution in [2.75, 3.05) is 5.43 Å². The Morgan fingerprint density at radius 1 is 1.22 bits per heavy atom. The lowest BCUT2D eigenvalue weighted by Gasteiger charge is -2.01. The Balaban J connectivity index is 1.94. The first-order chi connectivity index (χ1) is 8.75. The van der Waals surface area contributed by atoms with E-state index in [2.05, 4.69) is 26.5 Å². The molecule has 5 nitrogen and oxygen atoms in total. The van der Waals surface area contributed by atoms with Crippen LogP contribution in [0.5, 0.6) is 5.95 Å². The Bertz CT molecular complexity index is 538. The standard InChI is InChI=1S/C12H9BrN2O3/c13-11(12(16)18-10-7-4-8-17-10)15-14-9-5-2-1-3-6-9/h1-8,14H/b15-11-. The number of ether oxygens (including phenoxy) is 1. The third kappa shape index (κ3) is 3.46. The van der Waals surface area contributed by atoms with Crippen molar-refractivity contribution in [3.63, 3.8) is 0 Å². The quantitative estimate of drug-likeness (QED) is 0.536. The summed E-state index contributed by atoms with van der Waals surface area (Å²) in [5.41, 5.74) is 3.48. The van der Waals surface area contributed by atoms with E-state index in [9.17, 15) is 4.79 Å². The molecule has 6 heteroatoms. The average Bonchev–Trinajstić information content (AvgIpc) is 2.90. The zero-order chi connectivity index (χ0) is 12.8. The van der Waals surface area contributed by atoms with Gasteiger partial charge in [-0.15, -0.1) is 0 Å². The van der Waals surface area contributed by atoms with Gasteiger partial charge in [0, 0.05) is 6.07 Å². The van der Waals surface area contributed by atoms with Crippen molar-refractivity contribution >= 4 is 32.2 Å². The summed E-state index contributed by atoms with van der Waals surface area (Å²) < 4.78 is 9.78. The van der Waals surface area contributed by atoms with E-state index in [1.807, 2.05) is 30.3 Å². The fourth-order valence-electron chi connectivity index (χ4n) is 1.13. The van der Waals surface area contributed by atoms with E-state index in [0.29, 0.717) is 0 Å². The molecule has 1 aromatic heterocycles. The van der Waals surface area contributed by atoms with Crippen LogP contribution in [0.3, 0.4) is 0 Å². The first kappa shape index (κ1) is 12.4. The molecule has 0 fully saturated rings. The number of hydrogen-bond donors (Lipinski definition) is 1. The van der Waals surface area contributed by atoms with Crippen LogP contribution < -0.4 is 10.2 Å². The van der Waals surface area contributed by atoms with Crippen molar-refractivity contribution in [2.45, 2.75) is 0 Å². The number of nitrogens with zero attached hydrogens (tertiary/aromatic N) is 1. The van der Waals surface area contributed by atoms with Crippen molar-refractivity contribution < 1.29 is 13.9 Å². The number of rotatable bonds is 4. The number of furan rings is 1. The van der Waals surface area contributed by atoms with Gasteiger partial charge < -0.3 is 9.15 Å². The molecule has 0 saturated heterocycles. The second-order valence-electron chi connectivity index (χ2n) is 3.20. The molecule has 1 aromatic carbocycles. The van der Waals surface area contributed by atoms with E-state index in [4.69, 9.17) is 9.15 Å². The van der Waals surface area contributed by atoms with Crippen molar-refractivity contribution in [3.05, 3.63) is 48.7 Å². The van der Waals surface area contributed by atoms with Gasteiger partial charge in [-0.1, -0.05) is 18.2 Å². The summed E-state index contributed by atoms with van der Waals surface area (Å²) in [4.78, 5) is 11.5. The van der Waals surface area contributed by atoms with Crippen LogP contribution in [0, 0.1) is 0 Å². The van der Waals surface area contributed by atoms with Crippen LogP contribution in [0.1, 0.15) is 0 Å². The molecule has 2 rings (SSSR count). The molecule has 0 saturated carbocycles. The Kier molecular flexibility index (Phi) is 4.14. The number of hydrogen-bond acceptors (Lipinski definition) is 5. The molecule has 0 spiro atoms. The molecule has 0 atom stereocenters. The van der Waals surface area contributed by atoms with Crippen molar-refractivity contribution in [3.8, 4) is 5.95 Å². The number of anilines is 1. The largest absolute Gasteiger partial charge is 0.434 e. The number of halogens is 1. The highest BCUT2D eigenvalue weighted by molar-refractivity contribution is 9.19. The third-order valence-corrected chi connectivity index (χ3v) is 2.41. The Hall–Kier alpha value is -2.08. The topological polar surface area (TPSA) is 63.8 Å². The summed E-state index contributed by atoms with van der Waals surface area (Å²) in [6.45, 7) is 0. The predicted octanol–water partition coefficient (Wildman–Crippen LogP) is 3.01. The molecule has 0 aliphatic rings. The van der Waals surface area contributed by atoms with Gasteiger partial charge in [0.2, 0.25) is 4.62 Å². The van der Waals surface area contributed by atoms with Crippen LogP contribution in [0.4, 0.5) is 5.69 Å². The van der Waals surface area contributed by atoms with Gasteiger partial charge in [0.25, 0.3) is 5.95 Å². The highest BCUT2D eigenvalue weighted by atomic mass is 79.9. The van der Waals surface area contributed by atoms with Gasteiger partial charge in [0.1, 0.15) is 0 Å². The SMILES string of the molecule is O=C(Oc1ccco1)/C(Br)=N/Nc1ccccc1. The van der Waals surface area contributed by atoms with E-state index in [1.165, 1.54) is 12.3 Å². The van der Waals surface area contributed by atoms with Crippen molar-refractivity contribution in [1.82, 2.24) is 0 Å². The average molecular weight is 309 g/mol. The summed E-state index contributed by atoms with van der Waals surface area (Å²) in [7, 11) is 0. The molecule has 1 heterocycles. The summed E-state index contributed by atoms with van der Waals surface area (Å²) in [5, 5.41) is 3.84. The molecule has 1 N–H and O–H groups in total. The maximum absolute atomic E-state index is 11.5. The van der Waals surface area contributed by atoms with E-state index in [1.54, 1.807) is 6.07 Å². The van der Waals surface area contributed by atoms with E-state index < -0.39 is 5.97 Å². The number of esters is 1. The molecule has 92 valence electrons. The number of benzene rings is 1. The van der Waals surface area contributed by atoms with Gasteiger partial charge in [-0.3, -0.25) is 5.43 Å². The lowest BCUT2D eigenvalue weighted by atomic mass is 10.3. The minimum absolute atomic E-state index is 0.0164. The lowest BCUT2D eigenvalue weighted by molar-refractivity contribution is -0.127. The summed E-state index contributed by atoms with van der Waals surface area (Å²) in [6, 6.07) is 12.4. The van der Waals surface area contributed by atoms with Crippen LogP contribution in [-0.2, 0) is 4.79 Å². The Morgan fingerprint density at radius 3 is 2.67 bits per heavy atom. The molecule has 2 aromatic rings. The van der Waals surface area contributed by atoms with Crippen LogP contribution in [0.15, 0.2) is 58.2 Å². The molecule has 0 unspecified atom stereocenters. The van der Waals surface area contributed by atoms with Gasteiger partial charge in [0.15, 0.2) is 0 Å². The summed E-state index contributed by atoms with van der Waals surface area (Å²) >= 11 is 3.02. The highest BCUT2D eigenvalue weighted by Gasteiger charge is 2.12. The summed E-state index contributed by atoms with van der Waals surface area (Å²) in [6.07, 6.45) is 1.41. The van der Waals surface area contributed by atoms with Crippen LogP contribution in [0.25, 0.3) is 0 Å². The number of carbonyl (C=O) groups is 1. The zero-order valence-electron chi connectivity index (χ0n) is 9.17.